The molecule has 0 spiro atoms. The molecule has 1 aliphatic carbocycles. The van der Waals surface area contributed by atoms with Gasteiger partial charge >= 0.3 is 0 Å². The Morgan fingerprint density at radius 2 is 2.33 bits per heavy atom. The van der Waals surface area contributed by atoms with Crippen LogP contribution in [0.25, 0.3) is 0 Å². The summed E-state index contributed by atoms with van der Waals surface area (Å²) in [7, 11) is 0. The number of aryl methyl sites for hydroxylation is 3. The number of nitrogens with two attached hydrogens (primary N) is 1. The fraction of sp³-hybridized carbons (Fsp3) is 0.429. The van der Waals surface area contributed by atoms with Crippen molar-refractivity contribution in [3.05, 3.63) is 35.0 Å². The smallest absolute Gasteiger partial charge is 0.152 e. The van der Waals surface area contributed by atoms with Crippen LogP contribution in [-0.4, -0.2) is 24.7 Å². The van der Waals surface area contributed by atoms with E-state index in [-0.39, 0.29) is 0 Å². The van der Waals surface area contributed by atoms with Crippen LogP contribution in [0.3, 0.4) is 0 Å². The molecule has 7 heteroatoms. The molecule has 0 saturated heterocycles. The maximum atomic E-state index is 5.83. The van der Waals surface area contributed by atoms with Crippen molar-refractivity contribution in [2.45, 2.75) is 39.3 Å². The zero-order valence-electron chi connectivity index (χ0n) is 12.0. The number of hydrogen-bond acceptors (Lipinski definition) is 5. The van der Waals surface area contributed by atoms with Gasteiger partial charge in [-0.1, -0.05) is 12.2 Å². The second-order valence-corrected chi connectivity index (χ2v) is 5.53. The molecule has 21 heavy (non-hydrogen) atoms. The van der Waals surface area contributed by atoms with Crippen molar-refractivity contribution in [1.29, 1.82) is 0 Å². The van der Waals surface area contributed by atoms with Gasteiger partial charge in [0, 0.05) is 12.2 Å². The fourth-order valence-electron chi connectivity index (χ4n) is 2.64. The van der Waals surface area contributed by atoms with Crippen LogP contribution in [-0.2, 0) is 25.9 Å². The summed E-state index contributed by atoms with van der Waals surface area (Å²) < 4.78 is 1.99. The Labute approximate surface area is 128 Å². The molecule has 0 unspecified atom stereocenters. The van der Waals surface area contributed by atoms with Gasteiger partial charge in [0.05, 0.1) is 12.1 Å². The predicted molar refractivity (Wildman–Crippen MR) is 85.2 cm³/mol. The van der Waals surface area contributed by atoms with Crippen LogP contribution in [0.15, 0.2) is 12.4 Å². The van der Waals surface area contributed by atoms with Gasteiger partial charge in [-0.05, 0) is 37.8 Å². The van der Waals surface area contributed by atoms with E-state index in [1.165, 1.54) is 5.56 Å². The van der Waals surface area contributed by atoms with Gasteiger partial charge in [0.25, 0.3) is 0 Å². The molecule has 6 nitrogen and oxygen atoms in total. The number of nitrogens with zero attached hydrogens (tertiary/aromatic N) is 4. The zero-order valence-corrected chi connectivity index (χ0v) is 12.8. The van der Waals surface area contributed by atoms with Gasteiger partial charge in [0.2, 0.25) is 0 Å². The van der Waals surface area contributed by atoms with Crippen LogP contribution in [0.2, 0.25) is 0 Å². The van der Waals surface area contributed by atoms with E-state index in [0.29, 0.717) is 11.5 Å². The van der Waals surface area contributed by atoms with E-state index < -0.39 is 0 Å². The second-order valence-electron chi connectivity index (χ2n) is 5.09. The molecule has 0 radical (unpaired) electrons. The first-order chi connectivity index (χ1) is 10.2. The van der Waals surface area contributed by atoms with Gasteiger partial charge in [-0.25, -0.2) is 4.98 Å². The highest BCUT2D eigenvalue weighted by atomic mass is 32.1. The monoisotopic (exact) mass is 302 g/mol. The van der Waals surface area contributed by atoms with Gasteiger partial charge in [-0.2, -0.15) is 0 Å². The van der Waals surface area contributed by atoms with Gasteiger partial charge in [0.1, 0.15) is 17.1 Å². The van der Waals surface area contributed by atoms with Gasteiger partial charge in [0.15, 0.2) is 5.82 Å². The predicted octanol–water partition coefficient (Wildman–Crippen LogP) is 1.43. The molecular weight excluding hydrogens is 284 g/mol. The quantitative estimate of drug-likeness (QED) is 0.813. The molecule has 3 N–H and O–H groups in total. The molecule has 0 atom stereocenters. The molecule has 0 amide bonds. The summed E-state index contributed by atoms with van der Waals surface area (Å²) in [5, 5.41) is 11.3. The summed E-state index contributed by atoms with van der Waals surface area (Å²) in [6.45, 7) is 3.44. The van der Waals surface area contributed by atoms with Crippen LogP contribution in [0.5, 0.6) is 0 Å². The van der Waals surface area contributed by atoms with E-state index in [1.807, 2.05) is 4.57 Å². The van der Waals surface area contributed by atoms with Gasteiger partial charge in [-0.3, -0.25) is 0 Å². The minimum Gasteiger partial charge on any atom is -0.389 e. The molecule has 0 aromatic carbocycles. The van der Waals surface area contributed by atoms with E-state index in [0.717, 1.165) is 48.7 Å². The first-order valence-electron chi connectivity index (χ1n) is 7.12. The maximum absolute atomic E-state index is 5.83. The summed E-state index contributed by atoms with van der Waals surface area (Å²) in [6.07, 6.45) is 4.95. The van der Waals surface area contributed by atoms with Crippen molar-refractivity contribution in [2.24, 2.45) is 5.73 Å². The minimum atomic E-state index is 0.372. The summed E-state index contributed by atoms with van der Waals surface area (Å²) in [6, 6.07) is 2.07. The van der Waals surface area contributed by atoms with Crippen LogP contribution >= 0.6 is 12.2 Å². The Hall–Kier alpha value is -2.02. The third-order valence-corrected chi connectivity index (χ3v) is 3.99. The van der Waals surface area contributed by atoms with Crippen LogP contribution in [0, 0.1) is 0 Å². The van der Waals surface area contributed by atoms with Crippen LogP contribution in [0.1, 0.15) is 36.0 Å². The SMILES string of the molecule is CCn1cnnc1CNc1nc2c(cc1C(N)=S)CCC2. The zero-order chi connectivity index (χ0) is 14.8. The number of nitrogens with one attached hydrogen (secondary N) is 1. The number of rotatable bonds is 5. The number of pyridine rings is 1. The average Bonchev–Trinajstić information content (AvgIpc) is 3.11. The van der Waals surface area contributed by atoms with Crippen molar-refractivity contribution in [3.8, 4) is 0 Å². The number of hydrogen-bond donors (Lipinski definition) is 2. The van der Waals surface area contributed by atoms with Gasteiger partial charge < -0.3 is 15.6 Å². The first kappa shape index (κ1) is 13.9. The Balaban J connectivity index is 1.86. The Kier molecular flexibility index (Phi) is 3.83. The fourth-order valence-corrected chi connectivity index (χ4v) is 2.79. The Morgan fingerprint density at radius 3 is 3.10 bits per heavy atom. The lowest BCUT2D eigenvalue weighted by Gasteiger charge is -2.12. The van der Waals surface area contributed by atoms with E-state index in [9.17, 15) is 0 Å². The molecular formula is C14H18N6S. The standard InChI is InChI=1S/C14H18N6S/c1-2-20-8-17-19-12(20)7-16-14-10(13(15)21)6-9-4-3-5-11(9)18-14/h6,8H,2-5,7H2,1H3,(H2,15,21)(H,16,18). The average molecular weight is 302 g/mol. The van der Waals surface area contributed by atoms with Crippen molar-refractivity contribution in [1.82, 2.24) is 19.7 Å². The lowest BCUT2D eigenvalue weighted by Crippen LogP contribution is -2.17. The normalized spacial score (nSPS) is 13.2. The minimum absolute atomic E-state index is 0.372. The van der Waals surface area contributed by atoms with Crippen molar-refractivity contribution >= 4 is 23.0 Å². The number of fused-ring (bicyclic) bond motifs is 1. The number of thiocarbonyl (C=S) groups is 1. The number of anilines is 1. The molecule has 0 aliphatic heterocycles. The molecule has 3 rings (SSSR count). The molecule has 2 aromatic rings. The molecule has 0 saturated carbocycles. The Morgan fingerprint density at radius 1 is 1.48 bits per heavy atom. The summed E-state index contributed by atoms with van der Waals surface area (Å²) in [4.78, 5) is 5.07. The highest BCUT2D eigenvalue weighted by Crippen LogP contribution is 2.25. The lowest BCUT2D eigenvalue weighted by molar-refractivity contribution is 0.707. The van der Waals surface area contributed by atoms with Crippen molar-refractivity contribution in [3.63, 3.8) is 0 Å². The van der Waals surface area contributed by atoms with E-state index in [4.69, 9.17) is 22.9 Å². The van der Waals surface area contributed by atoms with Crippen molar-refractivity contribution < 1.29 is 0 Å². The van der Waals surface area contributed by atoms with Crippen LogP contribution < -0.4 is 11.1 Å². The molecule has 0 bridgehead atoms. The largest absolute Gasteiger partial charge is 0.389 e. The van der Waals surface area contributed by atoms with E-state index in [1.54, 1.807) is 6.33 Å². The summed E-state index contributed by atoms with van der Waals surface area (Å²) in [5.74, 6) is 1.61. The topological polar surface area (TPSA) is 81.7 Å². The highest BCUT2D eigenvalue weighted by molar-refractivity contribution is 7.80. The summed E-state index contributed by atoms with van der Waals surface area (Å²) >= 11 is 5.15. The second kappa shape index (κ2) is 5.77. The molecule has 2 heterocycles. The first-order valence-corrected chi connectivity index (χ1v) is 7.53. The molecule has 1 aliphatic rings. The van der Waals surface area contributed by atoms with Crippen molar-refractivity contribution in [2.75, 3.05) is 5.32 Å². The molecule has 0 fully saturated rings. The van der Waals surface area contributed by atoms with E-state index in [2.05, 4.69) is 28.5 Å². The molecule has 2 aromatic heterocycles. The third kappa shape index (κ3) is 2.73. The Bertz CT molecular complexity index is 678. The molecule has 110 valence electrons. The third-order valence-electron chi connectivity index (χ3n) is 3.77. The maximum Gasteiger partial charge on any atom is 0.152 e. The lowest BCUT2D eigenvalue weighted by atomic mass is 10.1. The van der Waals surface area contributed by atoms with Gasteiger partial charge in [-0.15, -0.1) is 10.2 Å². The van der Waals surface area contributed by atoms with Crippen LogP contribution in [0.4, 0.5) is 5.82 Å². The number of aromatic nitrogens is 4. The highest BCUT2D eigenvalue weighted by Gasteiger charge is 2.17. The summed E-state index contributed by atoms with van der Waals surface area (Å²) in [5.41, 5.74) is 9.06. The van der Waals surface area contributed by atoms with E-state index >= 15 is 0 Å².